The second kappa shape index (κ2) is 10.2. The van der Waals surface area contributed by atoms with Gasteiger partial charge in [-0.3, -0.25) is 9.59 Å². The van der Waals surface area contributed by atoms with Crippen LogP contribution < -0.4 is 14.8 Å². The normalized spacial score (nSPS) is 14.1. The van der Waals surface area contributed by atoms with Crippen molar-refractivity contribution in [3.63, 3.8) is 0 Å². The minimum absolute atomic E-state index is 0.0507. The van der Waals surface area contributed by atoms with Crippen molar-refractivity contribution in [2.45, 2.75) is 38.8 Å². The lowest BCUT2D eigenvalue weighted by Gasteiger charge is -2.35. The summed E-state index contributed by atoms with van der Waals surface area (Å²) in [5.41, 5.74) is 0.875. The summed E-state index contributed by atoms with van der Waals surface area (Å²) in [4.78, 5) is 37.9. The van der Waals surface area contributed by atoms with E-state index >= 15 is 0 Å². The third-order valence-electron chi connectivity index (χ3n) is 4.50. The Balaban J connectivity index is 2.07. The number of hydrogen-bond acceptors (Lipinski definition) is 7. The topological polar surface area (TPSA) is 103 Å². The monoisotopic (exact) mass is 434 g/mol. The van der Waals surface area contributed by atoms with Gasteiger partial charge < -0.3 is 29.2 Å². The van der Waals surface area contributed by atoms with Crippen molar-refractivity contribution in [3.8, 4) is 11.5 Å². The van der Waals surface area contributed by atoms with Gasteiger partial charge in [-0.2, -0.15) is 0 Å². The van der Waals surface area contributed by atoms with Crippen LogP contribution in [0.1, 0.15) is 38.8 Å². The molecule has 2 amide bonds. The van der Waals surface area contributed by atoms with Crippen molar-refractivity contribution >= 4 is 18.0 Å². The number of carbonyl (C=O) groups is 3. The molecule has 0 bridgehead atoms. The summed E-state index contributed by atoms with van der Waals surface area (Å²) in [5, 5.41) is 2.82. The number of benzene rings is 1. The van der Waals surface area contributed by atoms with Crippen molar-refractivity contribution < 1.29 is 33.3 Å². The first-order valence-electron chi connectivity index (χ1n) is 9.83. The number of carbonyl (C=O) groups excluding carboxylic acids is 3. The van der Waals surface area contributed by atoms with Gasteiger partial charge in [-0.05, 0) is 44.0 Å². The Labute approximate surface area is 182 Å². The first-order valence-corrected chi connectivity index (χ1v) is 9.83. The second-order valence-electron chi connectivity index (χ2n) is 8.09. The average molecular weight is 434 g/mol. The van der Waals surface area contributed by atoms with Crippen LogP contribution in [0.3, 0.4) is 0 Å². The van der Waals surface area contributed by atoms with E-state index in [1.165, 1.54) is 32.3 Å². The fourth-order valence-electron chi connectivity index (χ4n) is 2.96. The smallest absolute Gasteiger partial charge is 0.410 e. The number of rotatable bonds is 7. The Kier molecular flexibility index (Phi) is 7.90. The number of ether oxygens (including phenoxy) is 4. The number of nitrogens with one attached hydrogen (secondary N) is 1. The van der Waals surface area contributed by atoms with Crippen molar-refractivity contribution in [1.82, 2.24) is 10.2 Å². The van der Waals surface area contributed by atoms with Gasteiger partial charge in [-0.25, -0.2) is 4.79 Å². The van der Waals surface area contributed by atoms with Crippen LogP contribution in [-0.4, -0.2) is 62.9 Å². The first-order chi connectivity index (χ1) is 14.6. The molecule has 1 heterocycles. The molecule has 9 heteroatoms. The number of nitrogens with zero attached hydrogens (tertiary/aromatic N) is 1. The van der Waals surface area contributed by atoms with E-state index in [4.69, 9.17) is 18.9 Å². The molecule has 0 aliphatic carbocycles. The lowest BCUT2D eigenvalue weighted by atomic mass is 10.0. The molecule has 31 heavy (non-hydrogen) atoms. The highest BCUT2D eigenvalue weighted by atomic mass is 16.6. The maximum Gasteiger partial charge on any atom is 0.410 e. The van der Waals surface area contributed by atoms with Crippen LogP contribution in [0.2, 0.25) is 0 Å². The van der Waals surface area contributed by atoms with Gasteiger partial charge in [-0.1, -0.05) is 6.07 Å². The molecule has 1 atom stereocenters. The summed E-state index contributed by atoms with van der Waals surface area (Å²) in [6, 6.07) is 4.52. The van der Waals surface area contributed by atoms with E-state index in [1.54, 1.807) is 39.0 Å². The molecular weight excluding hydrogens is 404 g/mol. The van der Waals surface area contributed by atoms with Crippen LogP contribution in [0.4, 0.5) is 4.79 Å². The third-order valence-corrected chi connectivity index (χ3v) is 4.50. The molecule has 0 spiro atoms. The summed E-state index contributed by atoms with van der Waals surface area (Å²) in [6.07, 6.45) is 0.968. The zero-order valence-electron chi connectivity index (χ0n) is 18.8. The standard InChI is InChI=1S/C22H30N2O7/c1-22(2,3)31-21(27)24-12-14(13-24)9-19(25)23-16(11-20(26)30-6)15-7-8-17(28-4)18(10-15)29-5/h7-10,16H,11-13H2,1-6H3,(H,23,25). The van der Waals surface area contributed by atoms with E-state index in [-0.39, 0.29) is 12.3 Å². The van der Waals surface area contributed by atoms with Crippen LogP contribution in [0, 0.1) is 0 Å². The molecule has 0 saturated carbocycles. The molecule has 1 fully saturated rings. The zero-order chi connectivity index (χ0) is 23.2. The molecule has 9 nitrogen and oxygen atoms in total. The predicted octanol–water partition coefficient (Wildman–Crippen LogP) is 2.60. The van der Waals surface area contributed by atoms with Gasteiger partial charge in [0, 0.05) is 19.2 Å². The highest BCUT2D eigenvalue weighted by molar-refractivity contribution is 5.89. The number of likely N-dealkylation sites (tertiary alicyclic amines) is 1. The van der Waals surface area contributed by atoms with Gasteiger partial charge >= 0.3 is 12.1 Å². The lowest BCUT2D eigenvalue weighted by Crippen LogP contribution is -2.47. The molecule has 1 N–H and O–H groups in total. The Morgan fingerprint density at radius 2 is 1.74 bits per heavy atom. The summed E-state index contributed by atoms with van der Waals surface area (Å²) < 4.78 is 20.6. The maximum atomic E-state index is 12.6. The van der Waals surface area contributed by atoms with E-state index in [0.29, 0.717) is 30.2 Å². The largest absolute Gasteiger partial charge is 0.493 e. The van der Waals surface area contributed by atoms with Crippen LogP contribution >= 0.6 is 0 Å². The predicted molar refractivity (Wildman–Crippen MR) is 113 cm³/mol. The third kappa shape index (κ3) is 6.91. The number of hydrogen-bond donors (Lipinski definition) is 1. The van der Waals surface area contributed by atoms with Crippen molar-refractivity contribution in [1.29, 1.82) is 0 Å². The number of methoxy groups -OCH3 is 3. The van der Waals surface area contributed by atoms with Crippen LogP contribution in [0.5, 0.6) is 11.5 Å². The second-order valence-corrected chi connectivity index (χ2v) is 8.09. The van der Waals surface area contributed by atoms with E-state index in [0.717, 1.165) is 5.57 Å². The highest BCUT2D eigenvalue weighted by Gasteiger charge is 2.30. The van der Waals surface area contributed by atoms with Gasteiger partial charge in [0.05, 0.1) is 33.8 Å². The molecule has 1 aromatic carbocycles. The quantitative estimate of drug-likeness (QED) is 0.520. The Bertz CT molecular complexity index is 850. The van der Waals surface area contributed by atoms with E-state index in [2.05, 4.69) is 5.32 Å². The zero-order valence-corrected chi connectivity index (χ0v) is 18.8. The summed E-state index contributed by atoms with van der Waals surface area (Å²) in [6.45, 7) is 6.03. The van der Waals surface area contributed by atoms with Gasteiger partial charge in [0.15, 0.2) is 11.5 Å². The summed E-state index contributed by atoms with van der Waals surface area (Å²) in [7, 11) is 4.32. The minimum atomic E-state index is -0.626. The molecule has 1 unspecified atom stereocenters. The highest BCUT2D eigenvalue weighted by Crippen LogP contribution is 2.31. The van der Waals surface area contributed by atoms with E-state index < -0.39 is 23.7 Å². The molecule has 1 saturated heterocycles. The molecule has 170 valence electrons. The summed E-state index contributed by atoms with van der Waals surface area (Å²) in [5.74, 6) is 0.178. The fourth-order valence-corrected chi connectivity index (χ4v) is 2.96. The van der Waals surface area contributed by atoms with Gasteiger partial charge in [0.25, 0.3) is 0 Å². The lowest BCUT2D eigenvalue weighted by molar-refractivity contribution is -0.141. The molecule has 2 rings (SSSR count). The molecule has 1 aliphatic rings. The fraction of sp³-hybridized carbons (Fsp3) is 0.500. The Morgan fingerprint density at radius 3 is 2.29 bits per heavy atom. The molecule has 1 aromatic rings. The molecule has 0 aromatic heterocycles. The van der Waals surface area contributed by atoms with Crippen LogP contribution in [-0.2, 0) is 19.1 Å². The van der Waals surface area contributed by atoms with Gasteiger partial charge in [0.1, 0.15) is 5.60 Å². The molecule has 1 aliphatic heterocycles. The maximum absolute atomic E-state index is 12.6. The number of amides is 2. The van der Waals surface area contributed by atoms with E-state index in [1.807, 2.05) is 0 Å². The SMILES string of the molecule is COC(=O)CC(NC(=O)C=C1CN(C(=O)OC(C)(C)C)C1)c1ccc(OC)c(OC)c1. The Morgan fingerprint density at radius 1 is 1.10 bits per heavy atom. The van der Waals surface area contributed by atoms with Gasteiger partial charge in [-0.15, -0.1) is 0 Å². The Hall–Kier alpha value is -3.23. The molecule has 0 radical (unpaired) electrons. The van der Waals surface area contributed by atoms with Gasteiger partial charge in [0.2, 0.25) is 5.91 Å². The first kappa shape index (κ1) is 24.0. The molecular formula is C22H30N2O7. The van der Waals surface area contributed by atoms with Crippen LogP contribution in [0.25, 0.3) is 0 Å². The minimum Gasteiger partial charge on any atom is -0.493 e. The van der Waals surface area contributed by atoms with E-state index in [9.17, 15) is 14.4 Å². The van der Waals surface area contributed by atoms with Crippen LogP contribution in [0.15, 0.2) is 29.8 Å². The van der Waals surface area contributed by atoms with Crippen molar-refractivity contribution in [2.75, 3.05) is 34.4 Å². The average Bonchev–Trinajstić information content (AvgIpc) is 2.67. The van der Waals surface area contributed by atoms with Crippen molar-refractivity contribution in [3.05, 3.63) is 35.4 Å². The number of esters is 1. The summed E-state index contributed by atoms with van der Waals surface area (Å²) >= 11 is 0. The van der Waals surface area contributed by atoms with Crippen molar-refractivity contribution in [2.24, 2.45) is 0 Å².